The lowest BCUT2D eigenvalue weighted by atomic mass is 10.0. The number of rotatable bonds is 5. The van der Waals surface area contributed by atoms with E-state index in [2.05, 4.69) is 33.5 Å². The first-order valence-electron chi connectivity index (χ1n) is 9.78. The highest BCUT2D eigenvalue weighted by Gasteiger charge is 2.26. The van der Waals surface area contributed by atoms with Gasteiger partial charge in [-0.1, -0.05) is 36.4 Å². The minimum atomic E-state index is -0.0556. The molecule has 0 spiro atoms. The van der Waals surface area contributed by atoms with Crippen molar-refractivity contribution < 1.29 is 9.53 Å². The monoisotopic (exact) mass is 383 g/mol. The minimum Gasteiger partial charge on any atom is -0.487 e. The molecule has 0 fully saturated rings. The number of aromatic nitrogens is 2. The molecule has 4 aromatic rings. The van der Waals surface area contributed by atoms with E-state index in [0.717, 1.165) is 39.8 Å². The van der Waals surface area contributed by atoms with Crippen molar-refractivity contribution in [3.8, 4) is 16.9 Å². The average molecular weight is 383 g/mol. The van der Waals surface area contributed by atoms with Crippen LogP contribution in [0, 0.1) is 0 Å². The Balaban J connectivity index is 1.24. The molecule has 5 heteroatoms. The zero-order valence-corrected chi connectivity index (χ0v) is 15.9. The fraction of sp³-hybridized carbons (Fsp3) is 0.167. The summed E-state index contributed by atoms with van der Waals surface area (Å²) in [5, 5.41) is 4.13. The second-order valence-electron chi connectivity index (χ2n) is 7.31. The van der Waals surface area contributed by atoms with Gasteiger partial charge in [-0.25, -0.2) is 0 Å². The summed E-state index contributed by atoms with van der Waals surface area (Å²) in [7, 11) is 0. The van der Waals surface area contributed by atoms with Crippen LogP contribution in [0.2, 0.25) is 0 Å². The summed E-state index contributed by atoms with van der Waals surface area (Å²) in [6, 6.07) is 18.2. The number of para-hydroxylation sites is 2. The molecular weight excluding hydrogens is 362 g/mol. The normalized spacial score (nSPS) is 15.1. The number of H-pyrrole nitrogens is 1. The third-order valence-electron chi connectivity index (χ3n) is 5.37. The number of carbonyl (C=O) groups excluding carboxylic acids is 1. The molecule has 144 valence electrons. The molecule has 1 unspecified atom stereocenters. The van der Waals surface area contributed by atoms with Crippen LogP contribution >= 0.6 is 0 Å². The highest BCUT2D eigenvalue weighted by molar-refractivity contribution is 5.88. The molecule has 0 saturated carbocycles. The number of fused-ring (bicyclic) bond motifs is 2. The average Bonchev–Trinajstić information content (AvgIpc) is 3.37. The van der Waals surface area contributed by atoms with Crippen molar-refractivity contribution in [1.29, 1.82) is 0 Å². The highest BCUT2D eigenvalue weighted by Crippen LogP contribution is 2.38. The summed E-state index contributed by atoms with van der Waals surface area (Å²) < 4.78 is 6.21. The predicted octanol–water partition coefficient (Wildman–Crippen LogP) is 3.89. The predicted molar refractivity (Wildman–Crippen MR) is 113 cm³/mol. The smallest absolute Gasteiger partial charge is 0.224 e. The van der Waals surface area contributed by atoms with Gasteiger partial charge in [-0.15, -0.1) is 0 Å². The van der Waals surface area contributed by atoms with Crippen LogP contribution in [0.3, 0.4) is 0 Å². The molecule has 1 amide bonds. The number of hydrogen-bond donors (Lipinski definition) is 2. The van der Waals surface area contributed by atoms with E-state index in [-0.39, 0.29) is 12.0 Å². The number of hydrogen-bond acceptors (Lipinski definition) is 3. The van der Waals surface area contributed by atoms with Crippen molar-refractivity contribution in [2.75, 3.05) is 6.54 Å². The molecule has 2 aromatic heterocycles. The van der Waals surface area contributed by atoms with Gasteiger partial charge in [0.1, 0.15) is 11.9 Å². The third kappa shape index (κ3) is 3.47. The van der Waals surface area contributed by atoms with Crippen LogP contribution in [0.4, 0.5) is 0 Å². The zero-order valence-electron chi connectivity index (χ0n) is 15.9. The van der Waals surface area contributed by atoms with Gasteiger partial charge in [0, 0.05) is 41.5 Å². The van der Waals surface area contributed by atoms with Crippen molar-refractivity contribution in [3.63, 3.8) is 0 Å². The number of nitrogens with one attached hydrogen (secondary N) is 2. The van der Waals surface area contributed by atoms with Crippen LogP contribution in [0.1, 0.15) is 11.1 Å². The second-order valence-corrected chi connectivity index (χ2v) is 7.31. The first-order valence-corrected chi connectivity index (χ1v) is 9.78. The summed E-state index contributed by atoms with van der Waals surface area (Å²) in [4.78, 5) is 19.8. The maximum absolute atomic E-state index is 12.5. The summed E-state index contributed by atoms with van der Waals surface area (Å²) in [5.41, 5.74) is 5.38. The molecule has 0 radical (unpaired) electrons. The molecular formula is C24H21N3O2. The fourth-order valence-corrected chi connectivity index (χ4v) is 3.95. The lowest BCUT2D eigenvalue weighted by Crippen LogP contribution is -2.35. The maximum Gasteiger partial charge on any atom is 0.224 e. The van der Waals surface area contributed by atoms with Crippen molar-refractivity contribution in [2.24, 2.45) is 0 Å². The first kappa shape index (κ1) is 17.5. The van der Waals surface area contributed by atoms with Gasteiger partial charge in [0.05, 0.1) is 13.0 Å². The number of ether oxygens (including phenoxy) is 1. The van der Waals surface area contributed by atoms with Gasteiger partial charge < -0.3 is 15.0 Å². The molecule has 1 aliphatic rings. The minimum absolute atomic E-state index is 0.00339. The van der Waals surface area contributed by atoms with Gasteiger partial charge in [-0.2, -0.15) is 0 Å². The number of nitrogens with zero attached hydrogens (tertiary/aromatic N) is 1. The molecule has 29 heavy (non-hydrogen) atoms. The molecule has 1 aliphatic heterocycles. The Hall–Kier alpha value is -3.60. The maximum atomic E-state index is 12.5. The van der Waals surface area contributed by atoms with Gasteiger partial charge in [0.2, 0.25) is 5.91 Å². The number of pyridine rings is 1. The van der Waals surface area contributed by atoms with Gasteiger partial charge in [0.15, 0.2) is 0 Å². The molecule has 0 bridgehead atoms. The molecule has 2 aromatic carbocycles. The number of amides is 1. The van der Waals surface area contributed by atoms with Crippen LogP contribution in [-0.2, 0) is 17.6 Å². The van der Waals surface area contributed by atoms with E-state index in [1.165, 1.54) is 5.56 Å². The van der Waals surface area contributed by atoms with Gasteiger partial charge >= 0.3 is 0 Å². The quantitative estimate of drug-likeness (QED) is 0.549. The lowest BCUT2D eigenvalue weighted by molar-refractivity contribution is -0.120. The Kier molecular flexibility index (Phi) is 4.48. The van der Waals surface area contributed by atoms with Gasteiger partial charge in [-0.3, -0.25) is 9.78 Å². The number of carbonyl (C=O) groups is 1. The van der Waals surface area contributed by atoms with Gasteiger partial charge in [0.25, 0.3) is 0 Å². The lowest BCUT2D eigenvalue weighted by Gasteiger charge is -2.13. The molecule has 3 heterocycles. The number of benzene rings is 2. The van der Waals surface area contributed by atoms with Crippen LogP contribution < -0.4 is 10.1 Å². The molecule has 5 rings (SSSR count). The van der Waals surface area contributed by atoms with E-state index in [1.54, 1.807) is 12.4 Å². The summed E-state index contributed by atoms with van der Waals surface area (Å²) >= 11 is 0. The second kappa shape index (κ2) is 7.43. The van der Waals surface area contributed by atoms with Crippen molar-refractivity contribution in [1.82, 2.24) is 15.3 Å². The summed E-state index contributed by atoms with van der Waals surface area (Å²) in [5.74, 6) is 0.915. The molecule has 0 aliphatic carbocycles. The summed E-state index contributed by atoms with van der Waals surface area (Å²) in [6.45, 7) is 0.492. The van der Waals surface area contributed by atoms with Crippen LogP contribution in [0.15, 0.2) is 73.2 Å². The van der Waals surface area contributed by atoms with E-state index >= 15 is 0 Å². The van der Waals surface area contributed by atoms with Crippen LogP contribution in [0.5, 0.6) is 5.75 Å². The van der Waals surface area contributed by atoms with Crippen molar-refractivity contribution in [3.05, 3.63) is 84.3 Å². The Bertz CT molecular complexity index is 1170. The van der Waals surface area contributed by atoms with Crippen LogP contribution in [-0.4, -0.2) is 28.5 Å². The van der Waals surface area contributed by atoms with E-state index in [1.807, 2.05) is 42.6 Å². The van der Waals surface area contributed by atoms with Crippen LogP contribution in [0.25, 0.3) is 22.0 Å². The van der Waals surface area contributed by atoms with Crippen molar-refractivity contribution >= 4 is 16.8 Å². The molecule has 5 nitrogen and oxygen atoms in total. The first-order chi connectivity index (χ1) is 14.3. The van der Waals surface area contributed by atoms with E-state index in [9.17, 15) is 4.79 Å². The SMILES string of the molecule is O=C(Cc1c[nH]c2ccccc12)NCC1Cc2cccc(-c3ccncc3)c2O1. The largest absolute Gasteiger partial charge is 0.487 e. The van der Waals surface area contributed by atoms with E-state index in [0.29, 0.717) is 13.0 Å². The topological polar surface area (TPSA) is 67.0 Å². The van der Waals surface area contributed by atoms with Crippen molar-refractivity contribution in [2.45, 2.75) is 18.9 Å². The van der Waals surface area contributed by atoms with E-state index < -0.39 is 0 Å². The standard InChI is InChI=1S/C24H21N3O2/c28-23(13-18-14-26-22-7-2-1-5-20(18)22)27-15-19-12-17-4-3-6-21(24(17)29-19)16-8-10-25-11-9-16/h1-11,14,19,26H,12-13,15H2,(H,27,28). The highest BCUT2D eigenvalue weighted by atomic mass is 16.5. The molecule has 0 saturated heterocycles. The van der Waals surface area contributed by atoms with E-state index in [4.69, 9.17) is 4.74 Å². The molecule has 2 N–H and O–H groups in total. The Labute approximate surface area is 168 Å². The Morgan fingerprint density at radius 1 is 1.10 bits per heavy atom. The fourth-order valence-electron chi connectivity index (χ4n) is 3.95. The number of aromatic amines is 1. The summed E-state index contributed by atoms with van der Waals surface area (Å²) in [6.07, 6.45) is 6.57. The molecule has 1 atom stereocenters. The van der Waals surface area contributed by atoms with Gasteiger partial charge in [-0.05, 0) is 34.9 Å². The third-order valence-corrected chi connectivity index (χ3v) is 5.37. The Morgan fingerprint density at radius 2 is 1.97 bits per heavy atom. The zero-order chi connectivity index (χ0) is 19.6. The Morgan fingerprint density at radius 3 is 2.86 bits per heavy atom.